The van der Waals surface area contributed by atoms with Crippen LogP contribution in [0.25, 0.3) is 109 Å². The van der Waals surface area contributed by atoms with Gasteiger partial charge in [-0.05, 0) is 95.1 Å². The average molecular weight is 747 g/mol. The Labute approximate surface area is 329 Å². The molecule has 57 heavy (non-hydrogen) atoms. The van der Waals surface area contributed by atoms with E-state index in [9.17, 15) is 0 Å². The molecule has 0 N–H and O–H groups in total. The SMILES string of the molecule is c1ccc(-c2ccc(-n3c4ccc(-c5ccc6c(c5)n5c7ccccc7nc5n6-c5cccc6c5sc5ccccc56)cc4n4c5ccccc5nc34)cc2)cc1. The highest BCUT2D eigenvalue weighted by Crippen LogP contribution is 2.41. The molecule has 0 fully saturated rings. The van der Waals surface area contributed by atoms with Gasteiger partial charge in [-0.1, -0.05) is 109 Å². The highest BCUT2D eigenvalue weighted by Gasteiger charge is 2.22. The van der Waals surface area contributed by atoms with Gasteiger partial charge in [0, 0.05) is 21.2 Å². The highest BCUT2D eigenvalue weighted by atomic mass is 32.1. The summed E-state index contributed by atoms with van der Waals surface area (Å²) in [6.07, 6.45) is 0. The normalized spacial score (nSPS) is 12.2. The molecule has 6 nitrogen and oxygen atoms in total. The zero-order chi connectivity index (χ0) is 37.2. The third kappa shape index (κ3) is 4.34. The molecule has 0 radical (unpaired) electrons. The Morgan fingerprint density at radius 1 is 0.368 bits per heavy atom. The van der Waals surface area contributed by atoms with Crippen molar-refractivity contribution in [1.29, 1.82) is 0 Å². The van der Waals surface area contributed by atoms with Crippen LogP contribution in [-0.4, -0.2) is 27.9 Å². The van der Waals surface area contributed by atoms with Crippen molar-refractivity contribution in [1.82, 2.24) is 27.9 Å². The molecule has 0 saturated carbocycles. The molecule has 0 unspecified atom stereocenters. The summed E-state index contributed by atoms with van der Waals surface area (Å²) in [7, 11) is 0. The van der Waals surface area contributed by atoms with Gasteiger partial charge in [-0.3, -0.25) is 17.9 Å². The molecule has 7 heteroatoms. The summed E-state index contributed by atoms with van der Waals surface area (Å²) in [4.78, 5) is 10.5. The number of imidazole rings is 4. The molecular weight excluding hydrogens is 717 g/mol. The lowest BCUT2D eigenvalue weighted by Crippen LogP contribution is -1.95. The molecule has 5 heterocycles. The lowest BCUT2D eigenvalue weighted by atomic mass is 10.0. The van der Waals surface area contributed by atoms with Gasteiger partial charge in [0.2, 0.25) is 11.6 Å². The van der Waals surface area contributed by atoms with E-state index in [4.69, 9.17) is 9.97 Å². The number of thiophene rings is 1. The average Bonchev–Trinajstić information content (AvgIpc) is 4.07. The summed E-state index contributed by atoms with van der Waals surface area (Å²) in [6, 6.07) is 65.2. The number of hydrogen-bond donors (Lipinski definition) is 0. The van der Waals surface area contributed by atoms with Crippen molar-refractivity contribution in [3.8, 4) is 33.6 Å². The maximum absolute atomic E-state index is 5.26. The van der Waals surface area contributed by atoms with E-state index in [1.54, 1.807) is 0 Å². The van der Waals surface area contributed by atoms with Gasteiger partial charge in [0.1, 0.15) is 0 Å². The first-order valence-electron chi connectivity index (χ1n) is 19.2. The zero-order valence-electron chi connectivity index (χ0n) is 30.4. The van der Waals surface area contributed by atoms with Crippen LogP contribution in [0.1, 0.15) is 0 Å². The molecule has 0 aliphatic rings. The van der Waals surface area contributed by atoms with Gasteiger partial charge in [-0.15, -0.1) is 11.3 Å². The van der Waals surface area contributed by atoms with Gasteiger partial charge < -0.3 is 0 Å². The lowest BCUT2D eigenvalue weighted by molar-refractivity contribution is 1.11. The first kappa shape index (κ1) is 30.8. The molecule has 13 rings (SSSR count). The van der Waals surface area contributed by atoms with E-state index >= 15 is 0 Å². The highest BCUT2D eigenvalue weighted by molar-refractivity contribution is 7.26. The summed E-state index contributed by atoms with van der Waals surface area (Å²) in [5.74, 6) is 1.80. The van der Waals surface area contributed by atoms with E-state index in [2.05, 4.69) is 200 Å². The molecule has 0 aliphatic carbocycles. The van der Waals surface area contributed by atoms with Crippen LogP contribution >= 0.6 is 11.3 Å². The smallest absolute Gasteiger partial charge is 0.220 e. The fourth-order valence-electron chi connectivity index (χ4n) is 8.99. The fraction of sp³-hybridized carbons (Fsp3) is 0. The molecule has 5 aromatic heterocycles. The molecule has 266 valence electrons. The monoisotopic (exact) mass is 746 g/mol. The van der Waals surface area contributed by atoms with Crippen LogP contribution < -0.4 is 0 Å². The van der Waals surface area contributed by atoms with E-state index in [0.717, 1.165) is 78.2 Å². The van der Waals surface area contributed by atoms with Crippen molar-refractivity contribution >= 4 is 87.2 Å². The van der Waals surface area contributed by atoms with Crippen molar-refractivity contribution in [2.24, 2.45) is 0 Å². The molecule has 13 aromatic rings. The Morgan fingerprint density at radius 3 is 1.61 bits per heavy atom. The van der Waals surface area contributed by atoms with Crippen LogP contribution in [0.4, 0.5) is 0 Å². The molecule has 0 aliphatic heterocycles. The third-order valence-electron chi connectivity index (χ3n) is 11.6. The van der Waals surface area contributed by atoms with E-state index < -0.39 is 0 Å². The summed E-state index contributed by atoms with van der Waals surface area (Å²) < 4.78 is 11.8. The molecule has 8 aromatic carbocycles. The van der Waals surface area contributed by atoms with Gasteiger partial charge in [-0.25, -0.2) is 9.97 Å². The lowest BCUT2D eigenvalue weighted by Gasteiger charge is -2.09. The predicted octanol–water partition coefficient (Wildman–Crippen LogP) is 12.9. The number of rotatable bonds is 4. The van der Waals surface area contributed by atoms with Crippen molar-refractivity contribution < 1.29 is 0 Å². The fourth-order valence-corrected chi connectivity index (χ4v) is 10.2. The Morgan fingerprint density at radius 2 is 0.912 bits per heavy atom. The minimum absolute atomic E-state index is 0.894. The standard InChI is InChI=1S/C50H30N6S/c1-2-11-31(12-3-1)32-21-25-35(26-22-32)53-42-27-23-33(29-45(42)54-40-17-7-5-15-38(40)51-49(53)54)34-24-28-43-46(30-34)55-41-18-8-6-16-39(41)52-50(55)56(43)44-19-10-14-37-36-13-4-9-20-47(36)57-48(37)44/h1-30H. The number of fused-ring (bicyclic) bond motifs is 13. The Kier molecular flexibility index (Phi) is 6.23. The predicted molar refractivity (Wildman–Crippen MR) is 236 cm³/mol. The van der Waals surface area contributed by atoms with Crippen molar-refractivity contribution in [2.75, 3.05) is 0 Å². The Balaban J connectivity index is 1.03. The van der Waals surface area contributed by atoms with Gasteiger partial charge in [0.15, 0.2) is 0 Å². The summed E-state index contributed by atoms with van der Waals surface area (Å²) in [5, 5.41) is 2.56. The minimum Gasteiger partial charge on any atom is -0.278 e. The second-order valence-corrected chi connectivity index (χ2v) is 15.8. The van der Waals surface area contributed by atoms with Gasteiger partial charge in [0.25, 0.3) is 0 Å². The Bertz CT molecular complexity index is 3750. The summed E-state index contributed by atoms with van der Waals surface area (Å²) in [6.45, 7) is 0. The molecule has 0 bridgehead atoms. The van der Waals surface area contributed by atoms with E-state index in [-0.39, 0.29) is 0 Å². The topological polar surface area (TPSA) is 44.5 Å². The molecule has 0 saturated heterocycles. The van der Waals surface area contributed by atoms with Crippen molar-refractivity contribution in [3.63, 3.8) is 0 Å². The van der Waals surface area contributed by atoms with Crippen LogP contribution in [0, 0.1) is 0 Å². The first-order valence-corrected chi connectivity index (χ1v) is 20.0. The Hall–Kier alpha value is -7.48. The van der Waals surface area contributed by atoms with E-state index in [0.29, 0.717) is 0 Å². The van der Waals surface area contributed by atoms with Crippen LogP contribution in [0.15, 0.2) is 182 Å². The second kappa shape index (κ2) is 11.5. The quantitative estimate of drug-likeness (QED) is 0.180. The number of hydrogen-bond acceptors (Lipinski definition) is 3. The molecule has 0 spiro atoms. The van der Waals surface area contributed by atoms with Crippen LogP contribution in [0.2, 0.25) is 0 Å². The van der Waals surface area contributed by atoms with Gasteiger partial charge >= 0.3 is 0 Å². The first-order chi connectivity index (χ1) is 28.3. The molecule has 0 atom stereocenters. The largest absolute Gasteiger partial charge is 0.278 e. The maximum atomic E-state index is 5.26. The van der Waals surface area contributed by atoms with Crippen molar-refractivity contribution in [2.45, 2.75) is 0 Å². The van der Waals surface area contributed by atoms with E-state index in [1.165, 1.54) is 31.3 Å². The van der Waals surface area contributed by atoms with Crippen LogP contribution in [-0.2, 0) is 0 Å². The van der Waals surface area contributed by atoms with Gasteiger partial charge in [-0.2, -0.15) is 0 Å². The van der Waals surface area contributed by atoms with Crippen molar-refractivity contribution in [3.05, 3.63) is 182 Å². The van der Waals surface area contributed by atoms with Crippen LogP contribution in [0.5, 0.6) is 0 Å². The number of para-hydroxylation sites is 4. The van der Waals surface area contributed by atoms with Crippen LogP contribution in [0.3, 0.4) is 0 Å². The molecule has 0 amide bonds. The molecular formula is C50H30N6S. The third-order valence-corrected chi connectivity index (χ3v) is 12.8. The number of nitrogens with zero attached hydrogens (tertiary/aromatic N) is 6. The maximum Gasteiger partial charge on any atom is 0.220 e. The number of aromatic nitrogens is 6. The second-order valence-electron chi connectivity index (χ2n) is 14.7. The summed E-state index contributed by atoms with van der Waals surface area (Å²) in [5.41, 5.74) is 15.5. The minimum atomic E-state index is 0.894. The van der Waals surface area contributed by atoms with Gasteiger partial charge in [0.05, 0.1) is 54.5 Å². The summed E-state index contributed by atoms with van der Waals surface area (Å²) >= 11 is 1.85. The van der Waals surface area contributed by atoms with E-state index in [1.807, 2.05) is 11.3 Å². The zero-order valence-corrected chi connectivity index (χ0v) is 31.2. The number of benzene rings is 8.